The summed E-state index contributed by atoms with van der Waals surface area (Å²) in [5, 5.41) is 4.60. The normalized spacial score (nSPS) is 13.9. The molecule has 1 amide bonds. The topological polar surface area (TPSA) is 85.1 Å². The summed E-state index contributed by atoms with van der Waals surface area (Å²) in [6, 6.07) is 15.1. The van der Waals surface area contributed by atoms with Gasteiger partial charge in [0.1, 0.15) is 5.82 Å². The van der Waals surface area contributed by atoms with E-state index in [1.165, 1.54) is 0 Å². The van der Waals surface area contributed by atoms with Gasteiger partial charge in [0.25, 0.3) is 5.91 Å². The molecule has 9 nitrogen and oxygen atoms in total. The van der Waals surface area contributed by atoms with Gasteiger partial charge in [-0.25, -0.2) is 14.5 Å². The predicted octanol–water partition coefficient (Wildman–Crippen LogP) is 2.77. The number of hydrogen-bond acceptors (Lipinski definition) is 7. The van der Waals surface area contributed by atoms with E-state index in [1.54, 1.807) is 37.2 Å². The summed E-state index contributed by atoms with van der Waals surface area (Å²) >= 11 is 0. The predicted molar refractivity (Wildman–Crippen MR) is 124 cm³/mol. The van der Waals surface area contributed by atoms with E-state index in [0.717, 1.165) is 30.2 Å². The van der Waals surface area contributed by atoms with Crippen LogP contribution in [0.4, 0.5) is 5.82 Å². The Morgan fingerprint density at radius 1 is 0.879 bits per heavy atom. The number of piperazine rings is 1. The highest BCUT2D eigenvalue weighted by Gasteiger charge is 2.25. The van der Waals surface area contributed by atoms with Crippen molar-refractivity contribution in [1.82, 2.24) is 24.5 Å². The molecule has 33 heavy (non-hydrogen) atoms. The van der Waals surface area contributed by atoms with Crippen LogP contribution in [-0.2, 0) is 0 Å². The van der Waals surface area contributed by atoms with Crippen molar-refractivity contribution in [1.29, 1.82) is 0 Å². The minimum atomic E-state index is -0.0977. The lowest BCUT2D eigenvalue weighted by molar-refractivity contribution is 0.0740. The molecule has 3 aromatic heterocycles. The van der Waals surface area contributed by atoms with E-state index in [2.05, 4.69) is 20.0 Å². The second kappa shape index (κ2) is 8.78. The molecule has 0 aliphatic carbocycles. The van der Waals surface area contributed by atoms with Gasteiger partial charge in [0.15, 0.2) is 22.8 Å². The van der Waals surface area contributed by atoms with Gasteiger partial charge in [-0.05, 0) is 36.4 Å². The second-order valence-corrected chi connectivity index (χ2v) is 7.67. The van der Waals surface area contributed by atoms with E-state index >= 15 is 0 Å². The van der Waals surface area contributed by atoms with E-state index in [4.69, 9.17) is 9.47 Å². The first-order valence-electron chi connectivity index (χ1n) is 10.7. The van der Waals surface area contributed by atoms with Crippen molar-refractivity contribution in [3.05, 3.63) is 66.6 Å². The molecule has 4 heterocycles. The minimum absolute atomic E-state index is 0.0977. The number of pyridine rings is 1. The Morgan fingerprint density at radius 2 is 1.70 bits per heavy atom. The van der Waals surface area contributed by atoms with E-state index in [9.17, 15) is 4.79 Å². The van der Waals surface area contributed by atoms with Crippen molar-refractivity contribution >= 4 is 17.4 Å². The Bertz CT molecular complexity index is 1280. The third-order valence-corrected chi connectivity index (χ3v) is 5.80. The quantitative estimate of drug-likeness (QED) is 0.468. The molecule has 1 saturated heterocycles. The van der Waals surface area contributed by atoms with Crippen molar-refractivity contribution in [2.24, 2.45) is 0 Å². The van der Waals surface area contributed by atoms with Gasteiger partial charge in [-0.1, -0.05) is 6.07 Å². The van der Waals surface area contributed by atoms with Crippen LogP contribution in [0.3, 0.4) is 0 Å². The molecule has 0 atom stereocenters. The van der Waals surface area contributed by atoms with Gasteiger partial charge >= 0.3 is 0 Å². The Balaban J connectivity index is 1.39. The lowest BCUT2D eigenvalue weighted by Crippen LogP contribution is -2.49. The maximum atomic E-state index is 13.2. The number of methoxy groups -OCH3 is 2. The van der Waals surface area contributed by atoms with Gasteiger partial charge in [0, 0.05) is 50.2 Å². The van der Waals surface area contributed by atoms with E-state index in [-0.39, 0.29) is 5.91 Å². The molecule has 0 N–H and O–H groups in total. The largest absolute Gasteiger partial charge is 0.493 e. The van der Waals surface area contributed by atoms with Crippen LogP contribution in [0.1, 0.15) is 10.5 Å². The summed E-state index contributed by atoms with van der Waals surface area (Å²) in [5.74, 6) is 2.10. The fourth-order valence-corrected chi connectivity index (χ4v) is 4.06. The zero-order valence-electron chi connectivity index (χ0n) is 18.5. The fourth-order valence-electron chi connectivity index (χ4n) is 4.06. The van der Waals surface area contributed by atoms with Crippen LogP contribution in [0.5, 0.6) is 11.5 Å². The molecule has 4 aromatic rings. The minimum Gasteiger partial charge on any atom is -0.493 e. The number of carbonyl (C=O) groups excluding carboxylic acids is 1. The third kappa shape index (κ3) is 3.93. The van der Waals surface area contributed by atoms with Gasteiger partial charge in [-0.2, -0.15) is 5.10 Å². The van der Waals surface area contributed by atoms with Crippen LogP contribution >= 0.6 is 0 Å². The molecule has 0 bridgehead atoms. The molecule has 5 rings (SSSR count). The van der Waals surface area contributed by atoms with E-state index < -0.39 is 0 Å². The molecule has 0 radical (unpaired) electrons. The Labute approximate surface area is 191 Å². The van der Waals surface area contributed by atoms with Crippen LogP contribution in [0.15, 0.2) is 60.9 Å². The van der Waals surface area contributed by atoms with Crippen molar-refractivity contribution < 1.29 is 14.3 Å². The van der Waals surface area contributed by atoms with E-state index in [1.807, 2.05) is 47.4 Å². The van der Waals surface area contributed by atoms with Gasteiger partial charge in [0.2, 0.25) is 0 Å². The summed E-state index contributed by atoms with van der Waals surface area (Å²) < 4.78 is 12.5. The maximum Gasteiger partial charge on any atom is 0.274 e. The zero-order chi connectivity index (χ0) is 22.8. The zero-order valence-corrected chi connectivity index (χ0v) is 18.5. The van der Waals surface area contributed by atoms with Crippen LogP contribution in [0.2, 0.25) is 0 Å². The summed E-state index contributed by atoms with van der Waals surface area (Å²) in [6.07, 6.45) is 3.50. The number of carbonyl (C=O) groups is 1. The van der Waals surface area contributed by atoms with Crippen molar-refractivity contribution in [2.75, 3.05) is 45.3 Å². The van der Waals surface area contributed by atoms with Gasteiger partial charge in [-0.3, -0.25) is 4.79 Å². The molecular formula is C24H24N6O3. The molecule has 1 aromatic carbocycles. The van der Waals surface area contributed by atoms with Gasteiger partial charge in [-0.15, -0.1) is 0 Å². The first-order chi connectivity index (χ1) is 16.2. The molecule has 0 unspecified atom stereocenters. The number of aromatic nitrogens is 4. The Kier molecular flexibility index (Phi) is 5.52. The molecule has 9 heteroatoms. The van der Waals surface area contributed by atoms with Gasteiger partial charge in [0.05, 0.1) is 19.9 Å². The van der Waals surface area contributed by atoms with Crippen LogP contribution in [0, 0.1) is 0 Å². The lowest BCUT2D eigenvalue weighted by Gasteiger charge is -2.35. The third-order valence-electron chi connectivity index (χ3n) is 5.80. The SMILES string of the molecule is COc1ccc(-c2ccnc3cc(C(=O)N4CCN(c5ccccn5)CC4)nn23)cc1OC. The molecule has 1 aliphatic heterocycles. The fraction of sp³-hybridized carbons (Fsp3) is 0.250. The molecule has 1 aliphatic rings. The van der Waals surface area contributed by atoms with Crippen molar-refractivity contribution in [3.63, 3.8) is 0 Å². The summed E-state index contributed by atoms with van der Waals surface area (Å²) in [7, 11) is 3.20. The summed E-state index contributed by atoms with van der Waals surface area (Å²) in [4.78, 5) is 26.0. The highest BCUT2D eigenvalue weighted by Crippen LogP contribution is 2.32. The monoisotopic (exact) mass is 444 g/mol. The molecule has 168 valence electrons. The van der Waals surface area contributed by atoms with Crippen molar-refractivity contribution in [2.45, 2.75) is 0 Å². The number of fused-ring (bicyclic) bond motifs is 1. The van der Waals surface area contributed by atoms with Crippen LogP contribution in [-0.4, -0.2) is 70.8 Å². The molecular weight excluding hydrogens is 420 g/mol. The number of anilines is 1. The number of nitrogens with zero attached hydrogens (tertiary/aromatic N) is 6. The molecule has 0 saturated carbocycles. The smallest absolute Gasteiger partial charge is 0.274 e. The highest BCUT2D eigenvalue weighted by atomic mass is 16.5. The Hall–Kier alpha value is -4.14. The van der Waals surface area contributed by atoms with E-state index in [0.29, 0.717) is 35.9 Å². The standard InChI is InChI=1S/C24H24N6O3/c1-32-20-7-6-17(15-21(20)33-2)19-8-10-26-23-16-18(27-30(19)23)24(31)29-13-11-28(12-14-29)22-5-3-4-9-25-22/h3-10,15-16H,11-14H2,1-2H3. The number of rotatable bonds is 5. The average molecular weight is 444 g/mol. The number of benzene rings is 1. The Morgan fingerprint density at radius 3 is 2.42 bits per heavy atom. The van der Waals surface area contributed by atoms with Gasteiger partial charge < -0.3 is 19.3 Å². The first kappa shape index (κ1) is 20.7. The highest BCUT2D eigenvalue weighted by molar-refractivity contribution is 5.93. The molecule has 0 spiro atoms. The second-order valence-electron chi connectivity index (χ2n) is 7.67. The number of hydrogen-bond donors (Lipinski definition) is 0. The lowest BCUT2D eigenvalue weighted by atomic mass is 10.1. The number of amides is 1. The maximum absolute atomic E-state index is 13.2. The molecule has 1 fully saturated rings. The summed E-state index contributed by atoms with van der Waals surface area (Å²) in [5.41, 5.74) is 2.67. The van der Waals surface area contributed by atoms with Crippen LogP contribution < -0.4 is 14.4 Å². The first-order valence-corrected chi connectivity index (χ1v) is 10.7. The summed E-state index contributed by atoms with van der Waals surface area (Å²) in [6.45, 7) is 2.68. The average Bonchev–Trinajstić information content (AvgIpc) is 3.33. The van der Waals surface area contributed by atoms with Crippen molar-refractivity contribution in [3.8, 4) is 22.8 Å². The number of ether oxygens (including phenoxy) is 2. The van der Waals surface area contributed by atoms with Crippen LogP contribution in [0.25, 0.3) is 16.9 Å².